The molecular weight excluding hydrogens is 276 g/mol. The Morgan fingerprint density at radius 1 is 1.30 bits per heavy atom. The molecule has 110 valence electrons. The van der Waals surface area contributed by atoms with E-state index < -0.39 is 10.0 Å². The SMILES string of the molecule is O=S(=O)(NC1CCN2CCCC12)c1cccc(CO)c1. The Morgan fingerprint density at radius 2 is 2.15 bits per heavy atom. The van der Waals surface area contributed by atoms with Gasteiger partial charge in [0.2, 0.25) is 10.0 Å². The van der Waals surface area contributed by atoms with Crippen LogP contribution in [0.1, 0.15) is 24.8 Å². The minimum absolute atomic E-state index is 0.0142. The number of aliphatic hydroxyl groups is 1. The van der Waals surface area contributed by atoms with Crippen molar-refractivity contribution in [1.82, 2.24) is 9.62 Å². The maximum atomic E-state index is 12.4. The summed E-state index contributed by atoms with van der Waals surface area (Å²) in [7, 11) is -3.50. The van der Waals surface area contributed by atoms with E-state index in [4.69, 9.17) is 5.11 Å². The standard InChI is InChI=1S/C14H20N2O3S/c17-10-11-3-1-4-12(9-11)20(18,19)15-13-6-8-16-7-2-5-14(13)16/h1,3-4,9,13-15,17H,2,5-8,10H2. The molecule has 0 aromatic heterocycles. The molecule has 0 radical (unpaired) electrons. The molecule has 2 aliphatic rings. The van der Waals surface area contributed by atoms with Crippen molar-refractivity contribution in [2.75, 3.05) is 13.1 Å². The van der Waals surface area contributed by atoms with E-state index in [-0.39, 0.29) is 17.5 Å². The first-order valence-corrected chi connectivity index (χ1v) is 8.55. The van der Waals surface area contributed by atoms with E-state index in [1.54, 1.807) is 18.2 Å². The first kappa shape index (κ1) is 14.0. The summed E-state index contributed by atoms with van der Waals surface area (Å²) in [6, 6.07) is 6.85. The van der Waals surface area contributed by atoms with Crippen LogP contribution in [-0.2, 0) is 16.6 Å². The van der Waals surface area contributed by atoms with E-state index in [9.17, 15) is 8.42 Å². The summed E-state index contributed by atoms with van der Waals surface area (Å²) in [6.45, 7) is 1.92. The summed E-state index contributed by atoms with van der Waals surface area (Å²) in [4.78, 5) is 2.61. The predicted molar refractivity (Wildman–Crippen MR) is 75.7 cm³/mol. The highest BCUT2D eigenvalue weighted by Crippen LogP contribution is 2.29. The molecule has 3 rings (SSSR count). The fourth-order valence-electron chi connectivity index (χ4n) is 3.30. The normalized spacial score (nSPS) is 26.9. The minimum atomic E-state index is -3.50. The second kappa shape index (κ2) is 5.44. The quantitative estimate of drug-likeness (QED) is 0.858. The van der Waals surface area contributed by atoms with Gasteiger partial charge >= 0.3 is 0 Å². The first-order chi connectivity index (χ1) is 9.60. The minimum Gasteiger partial charge on any atom is -0.392 e. The van der Waals surface area contributed by atoms with Gasteiger partial charge < -0.3 is 5.11 Å². The second-order valence-corrected chi connectivity index (χ2v) is 7.28. The molecule has 0 spiro atoms. The molecule has 2 saturated heterocycles. The molecule has 2 fully saturated rings. The van der Waals surface area contributed by atoms with E-state index in [1.165, 1.54) is 6.07 Å². The lowest BCUT2D eigenvalue weighted by Gasteiger charge is -2.21. The maximum Gasteiger partial charge on any atom is 0.240 e. The number of hydrogen-bond acceptors (Lipinski definition) is 4. The molecule has 0 bridgehead atoms. The highest BCUT2D eigenvalue weighted by molar-refractivity contribution is 7.89. The van der Waals surface area contributed by atoms with Crippen LogP contribution in [0.2, 0.25) is 0 Å². The molecule has 0 amide bonds. The van der Waals surface area contributed by atoms with Crippen molar-refractivity contribution in [3.63, 3.8) is 0 Å². The zero-order chi connectivity index (χ0) is 14.2. The molecule has 1 aromatic carbocycles. The molecule has 2 atom stereocenters. The van der Waals surface area contributed by atoms with E-state index in [0.717, 1.165) is 32.4 Å². The van der Waals surface area contributed by atoms with Crippen LogP contribution in [0.3, 0.4) is 0 Å². The van der Waals surface area contributed by atoms with Gasteiger partial charge in [0.1, 0.15) is 0 Å². The van der Waals surface area contributed by atoms with Crippen molar-refractivity contribution < 1.29 is 13.5 Å². The number of nitrogens with zero attached hydrogens (tertiary/aromatic N) is 1. The molecule has 2 heterocycles. The van der Waals surface area contributed by atoms with Gasteiger partial charge in [0, 0.05) is 18.6 Å². The van der Waals surface area contributed by atoms with E-state index in [1.807, 2.05) is 0 Å². The molecule has 1 aromatic rings. The van der Waals surface area contributed by atoms with Crippen LogP contribution in [0.4, 0.5) is 0 Å². The number of rotatable bonds is 4. The van der Waals surface area contributed by atoms with Gasteiger partial charge in [-0.2, -0.15) is 0 Å². The maximum absolute atomic E-state index is 12.4. The van der Waals surface area contributed by atoms with Gasteiger partial charge in [0.25, 0.3) is 0 Å². The third kappa shape index (κ3) is 2.61. The summed E-state index contributed by atoms with van der Waals surface area (Å²) >= 11 is 0. The van der Waals surface area contributed by atoms with Crippen LogP contribution in [0.25, 0.3) is 0 Å². The molecule has 5 nitrogen and oxygen atoms in total. The van der Waals surface area contributed by atoms with Crippen LogP contribution in [-0.4, -0.2) is 43.6 Å². The fourth-order valence-corrected chi connectivity index (χ4v) is 4.67. The zero-order valence-electron chi connectivity index (χ0n) is 11.3. The highest BCUT2D eigenvalue weighted by Gasteiger charge is 2.39. The third-order valence-electron chi connectivity index (χ3n) is 4.30. The number of sulfonamides is 1. The molecule has 20 heavy (non-hydrogen) atoms. The van der Waals surface area contributed by atoms with Gasteiger partial charge in [-0.3, -0.25) is 4.90 Å². The van der Waals surface area contributed by atoms with Crippen LogP contribution >= 0.6 is 0 Å². The predicted octanol–water partition coefficient (Wildman–Crippen LogP) is 0.694. The fraction of sp³-hybridized carbons (Fsp3) is 0.571. The van der Waals surface area contributed by atoms with Gasteiger partial charge in [-0.05, 0) is 43.5 Å². The number of nitrogens with one attached hydrogen (secondary N) is 1. The summed E-state index contributed by atoms with van der Waals surface area (Å²) in [5.74, 6) is 0. The smallest absolute Gasteiger partial charge is 0.240 e. The Kier molecular flexibility index (Phi) is 3.81. The molecular formula is C14H20N2O3S. The molecule has 2 unspecified atom stereocenters. The number of aliphatic hydroxyl groups excluding tert-OH is 1. The summed E-state index contributed by atoms with van der Waals surface area (Å²) < 4.78 is 27.7. The topological polar surface area (TPSA) is 69.6 Å². The zero-order valence-corrected chi connectivity index (χ0v) is 12.1. The van der Waals surface area contributed by atoms with Crippen molar-refractivity contribution in [3.8, 4) is 0 Å². The Morgan fingerprint density at radius 3 is 2.95 bits per heavy atom. The summed E-state index contributed by atoms with van der Waals surface area (Å²) in [5.41, 5.74) is 0.613. The summed E-state index contributed by atoms with van der Waals surface area (Å²) in [6.07, 6.45) is 3.11. The van der Waals surface area contributed by atoms with Gasteiger partial charge in [0.15, 0.2) is 0 Å². The lowest BCUT2D eigenvalue weighted by molar-refractivity contribution is 0.281. The molecule has 2 N–H and O–H groups in total. The monoisotopic (exact) mass is 296 g/mol. The van der Waals surface area contributed by atoms with Crippen LogP contribution in [0.5, 0.6) is 0 Å². The highest BCUT2D eigenvalue weighted by atomic mass is 32.2. The number of fused-ring (bicyclic) bond motifs is 1. The van der Waals surface area contributed by atoms with Gasteiger partial charge in [-0.1, -0.05) is 12.1 Å². The Hall–Kier alpha value is -0.950. The van der Waals surface area contributed by atoms with E-state index >= 15 is 0 Å². The van der Waals surface area contributed by atoms with Crippen molar-refractivity contribution >= 4 is 10.0 Å². The molecule has 6 heteroatoms. The molecule has 0 aliphatic carbocycles. The largest absolute Gasteiger partial charge is 0.392 e. The number of benzene rings is 1. The lowest BCUT2D eigenvalue weighted by Crippen LogP contribution is -2.42. The Bertz CT molecular complexity index is 588. The lowest BCUT2D eigenvalue weighted by atomic mass is 10.1. The van der Waals surface area contributed by atoms with Gasteiger partial charge in [-0.15, -0.1) is 0 Å². The van der Waals surface area contributed by atoms with Crippen molar-refractivity contribution in [1.29, 1.82) is 0 Å². The van der Waals surface area contributed by atoms with E-state index in [0.29, 0.717) is 11.6 Å². The van der Waals surface area contributed by atoms with Crippen LogP contribution < -0.4 is 4.72 Å². The summed E-state index contributed by atoms with van der Waals surface area (Å²) in [5, 5.41) is 9.11. The second-order valence-electron chi connectivity index (χ2n) is 5.57. The molecule has 0 saturated carbocycles. The van der Waals surface area contributed by atoms with Crippen molar-refractivity contribution in [3.05, 3.63) is 29.8 Å². The average molecular weight is 296 g/mol. The van der Waals surface area contributed by atoms with Gasteiger partial charge in [-0.25, -0.2) is 13.1 Å². The van der Waals surface area contributed by atoms with Crippen LogP contribution in [0, 0.1) is 0 Å². The van der Waals surface area contributed by atoms with Crippen molar-refractivity contribution in [2.24, 2.45) is 0 Å². The van der Waals surface area contributed by atoms with Gasteiger partial charge in [0.05, 0.1) is 11.5 Å². The Labute approximate surface area is 119 Å². The first-order valence-electron chi connectivity index (χ1n) is 7.06. The van der Waals surface area contributed by atoms with Crippen LogP contribution in [0.15, 0.2) is 29.2 Å². The van der Waals surface area contributed by atoms with Crippen molar-refractivity contribution in [2.45, 2.75) is 42.8 Å². The molecule has 2 aliphatic heterocycles. The average Bonchev–Trinajstić information content (AvgIpc) is 3.04. The Balaban J connectivity index is 1.78. The third-order valence-corrected chi connectivity index (χ3v) is 5.79. The van der Waals surface area contributed by atoms with E-state index in [2.05, 4.69) is 9.62 Å². The number of hydrogen-bond donors (Lipinski definition) is 2.